The van der Waals surface area contributed by atoms with Gasteiger partial charge in [-0.3, -0.25) is 4.79 Å². The highest BCUT2D eigenvalue weighted by Gasteiger charge is 2.10. The van der Waals surface area contributed by atoms with Gasteiger partial charge < -0.3 is 14.8 Å². The molecule has 6 heteroatoms. The van der Waals surface area contributed by atoms with E-state index in [1.165, 1.54) is 12.1 Å². The number of benzene rings is 2. The molecule has 2 aromatic carbocycles. The number of halogens is 1. The van der Waals surface area contributed by atoms with Crippen LogP contribution < -0.4 is 10.1 Å². The van der Waals surface area contributed by atoms with Crippen LogP contribution in [0.2, 0.25) is 0 Å². The summed E-state index contributed by atoms with van der Waals surface area (Å²) in [6.07, 6.45) is 0.565. The number of esters is 1. The number of carbonyl (C=O) groups is 2. The van der Waals surface area contributed by atoms with Crippen molar-refractivity contribution in [3.8, 4) is 5.75 Å². The lowest BCUT2D eigenvalue weighted by Crippen LogP contribution is -2.31. The Bertz CT molecular complexity index is 739. The summed E-state index contributed by atoms with van der Waals surface area (Å²) in [6, 6.07) is 11.7. The number of aryl methyl sites for hydroxylation is 2. The lowest BCUT2D eigenvalue weighted by molar-refractivity contribution is -0.150. The highest BCUT2D eigenvalue weighted by Crippen LogP contribution is 2.22. The van der Waals surface area contributed by atoms with Crippen molar-refractivity contribution < 1.29 is 23.5 Å². The summed E-state index contributed by atoms with van der Waals surface area (Å²) >= 11 is 0. The van der Waals surface area contributed by atoms with E-state index in [9.17, 15) is 14.0 Å². The minimum absolute atomic E-state index is 0.255. The molecule has 0 fully saturated rings. The number of ether oxygens (including phenoxy) is 2. The van der Waals surface area contributed by atoms with Crippen LogP contribution in [-0.4, -0.2) is 31.6 Å². The minimum atomic E-state index is -0.610. The molecule has 0 aromatic heterocycles. The van der Waals surface area contributed by atoms with Crippen LogP contribution in [-0.2, 0) is 20.7 Å². The van der Waals surface area contributed by atoms with Crippen LogP contribution >= 0.6 is 0 Å². The van der Waals surface area contributed by atoms with Crippen molar-refractivity contribution in [3.63, 3.8) is 0 Å². The van der Waals surface area contributed by atoms with Gasteiger partial charge in [-0.15, -0.1) is 0 Å². The second kappa shape index (κ2) is 9.56. The number of rotatable bonds is 8. The van der Waals surface area contributed by atoms with Gasteiger partial charge in [0.05, 0.1) is 0 Å². The van der Waals surface area contributed by atoms with Gasteiger partial charge >= 0.3 is 5.97 Å². The highest BCUT2D eigenvalue weighted by molar-refractivity contribution is 5.80. The Hall–Kier alpha value is -2.89. The Balaban J connectivity index is 1.65. The fraction of sp³-hybridized carbons (Fsp3) is 0.300. The Morgan fingerprint density at radius 3 is 2.31 bits per heavy atom. The van der Waals surface area contributed by atoms with Gasteiger partial charge in [0.15, 0.2) is 13.2 Å². The first-order valence-corrected chi connectivity index (χ1v) is 8.31. The summed E-state index contributed by atoms with van der Waals surface area (Å²) in [5.41, 5.74) is 2.76. The average molecular weight is 359 g/mol. The predicted molar refractivity (Wildman–Crippen MR) is 95.5 cm³/mol. The van der Waals surface area contributed by atoms with E-state index in [0.29, 0.717) is 18.7 Å². The molecule has 0 radical (unpaired) electrons. The molecule has 0 spiro atoms. The van der Waals surface area contributed by atoms with E-state index >= 15 is 0 Å². The molecule has 0 saturated carbocycles. The number of carbonyl (C=O) groups excluding carboxylic acids is 2. The summed E-state index contributed by atoms with van der Waals surface area (Å²) in [5, 5.41) is 2.64. The topological polar surface area (TPSA) is 64.6 Å². The number of para-hydroxylation sites is 1. The summed E-state index contributed by atoms with van der Waals surface area (Å²) in [4.78, 5) is 23.4. The molecule has 26 heavy (non-hydrogen) atoms. The molecule has 0 atom stereocenters. The van der Waals surface area contributed by atoms with Gasteiger partial charge in [-0.25, -0.2) is 9.18 Å². The summed E-state index contributed by atoms with van der Waals surface area (Å²) in [5.74, 6) is -0.658. The van der Waals surface area contributed by atoms with E-state index in [-0.39, 0.29) is 19.0 Å². The van der Waals surface area contributed by atoms with Crippen LogP contribution in [0, 0.1) is 19.7 Å². The van der Waals surface area contributed by atoms with Gasteiger partial charge in [-0.1, -0.05) is 30.3 Å². The first-order chi connectivity index (χ1) is 12.5. The van der Waals surface area contributed by atoms with Crippen LogP contribution in [0.3, 0.4) is 0 Å². The van der Waals surface area contributed by atoms with Gasteiger partial charge in [-0.05, 0) is 49.1 Å². The molecule has 0 aliphatic rings. The van der Waals surface area contributed by atoms with Crippen molar-refractivity contribution in [2.45, 2.75) is 20.3 Å². The summed E-state index contributed by atoms with van der Waals surface area (Å²) in [6.45, 7) is 3.54. The second-order valence-electron chi connectivity index (χ2n) is 5.90. The van der Waals surface area contributed by atoms with Gasteiger partial charge in [-0.2, -0.15) is 0 Å². The molecular weight excluding hydrogens is 337 g/mol. The van der Waals surface area contributed by atoms with Crippen LogP contribution in [0.15, 0.2) is 42.5 Å². The molecule has 0 unspecified atom stereocenters. The van der Waals surface area contributed by atoms with Gasteiger partial charge in [0.1, 0.15) is 11.6 Å². The van der Waals surface area contributed by atoms with E-state index in [1.807, 2.05) is 32.0 Å². The lowest BCUT2D eigenvalue weighted by atomic mass is 10.1. The standard InChI is InChI=1S/C20H22FNO4/c1-14-4-3-5-15(2)20(14)26-13-19(24)25-12-18(23)22-11-10-16-6-8-17(21)9-7-16/h3-9H,10-13H2,1-2H3,(H,22,23). The van der Waals surface area contributed by atoms with E-state index in [2.05, 4.69) is 5.32 Å². The van der Waals surface area contributed by atoms with Gasteiger partial charge in [0.25, 0.3) is 5.91 Å². The molecule has 5 nitrogen and oxygen atoms in total. The Labute approximate surface area is 152 Å². The molecule has 2 aromatic rings. The monoisotopic (exact) mass is 359 g/mol. The molecule has 0 bridgehead atoms. The van der Waals surface area contributed by atoms with E-state index < -0.39 is 11.9 Å². The van der Waals surface area contributed by atoms with E-state index in [1.54, 1.807) is 12.1 Å². The van der Waals surface area contributed by atoms with Crippen LogP contribution in [0.25, 0.3) is 0 Å². The van der Waals surface area contributed by atoms with E-state index in [0.717, 1.165) is 16.7 Å². The van der Waals surface area contributed by atoms with Crippen molar-refractivity contribution in [1.29, 1.82) is 0 Å². The third kappa shape index (κ3) is 6.20. The van der Waals surface area contributed by atoms with Crippen molar-refractivity contribution >= 4 is 11.9 Å². The maximum absolute atomic E-state index is 12.8. The number of hydrogen-bond donors (Lipinski definition) is 1. The van der Waals surface area contributed by atoms with Gasteiger partial charge in [0, 0.05) is 6.54 Å². The zero-order valence-electron chi connectivity index (χ0n) is 14.9. The van der Waals surface area contributed by atoms with Crippen LogP contribution in [0.1, 0.15) is 16.7 Å². The Morgan fingerprint density at radius 1 is 1.00 bits per heavy atom. The third-order valence-electron chi connectivity index (χ3n) is 3.76. The SMILES string of the molecule is Cc1cccc(C)c1OCC(=O)OCC(=O)NCCc1ccc(F)cc1. The lowest BCUT2D eigenvalue weighted by Gasteiger charge is -2.11. The molecule has 0 aliphatic carbocycles. The number of nitrogens with one attached hydrogen (secondary N) is 1. The summed E-state index contributed by atoms with van der Waals surface area (Å²) < 4.78 is 23.2. The van der Waals surface area contributed by atoms with Crippen LogP contribution in [0.4, 0.5) is 4.39 Å². The molecule has 2 rings (SSSR count). The third-order valence-corrected chi connectivity index (χ3v) is 3.76. The zero-order chi connectivity index (χ0) is 18.9. The molecule has 0 heterocycles. The molecule has 0 aliphatic heterocycles. The molecule has 138 valence electrons. The minimum Gasteiger partial charge on any atom is -0.481 e. The molecule has 0 saturated heterocycles. The second-order valence-corrected chi connectivity index (χ2v) is 5.90. The van der Waals surface area contributed by atoms with Crippen LogP contribution in [0.5, 0.6) is 5.75 Å². The van der Waals surface area contributed by atoms with Crippen molar-refractivity contribution in [2.75, 3.05) is 19.8 Å². The Morgan fingerprint density at radius 2 is 1.65 bits per heavy atom. The predicted octanol–water partition coefficient (Wildman–Crippen LogP) is 2.72. The Kier molecular flexibility index (Phi) is 7.14. The number of hydrogen-bond acceptors (Lipinski definition) is 4. The first-order valence-electron chi connectivity index (χ1n) is 8.31. The first kappa shape index (κ1) is 19.4. The molecule has 1 N–H and O–H groups in total. The fourth-order valence-corrected chi connectivity index (χ4v) is 2.39. The summed E-state index contributed by atoms with van der Waals surface area (Å²) in [7, 11) is 0. The van der Waals surface area contributed by atoms with E-state index in [4.69, 9.17) is 9.47 Å². The zero-order valence-corrected chi connectivity index (χ0v) is 14.9. The normalized spacial score (nSPS) is 10.3. The number of amides is 1. The smallest absolute Gasteiger partial charge is 0.344 e. The van der Waals surface area contributed by atoms with Crippen molar-refractivity contribution in [1.82, 2.24) is 5.32 Å². The largest absolute Gasteiger partial charge is 0.481 e. The van der Waals surface area contributed by atoms with Crippen molar-refractivity contribution in [2.24, 2.45) is 0 Å². The van der Waals surface area contributed by atoms with Gasteiger partial charge in [0.2, 0.25) is 0 Å². The van der Waals surface area contributed by atoms with Crippen molar-refractivity contribution in [3.05, 3.63) is 65.0 Å². The maximum Gasteiger partial charge on any atom is 0.344 e. The fourth-order valence-electron chi connectivity index (χ4n) is 2.39. The average Bonchev–Trinajstić information content (AvgIpc) is 2.61. The maximum atomic E-state index is 12.8. The highest BCUT2D eigenvalue weighted by atomic mass is 19.1. The quantitative estimate of drug-likeness (QED) is 0.736. The molecular formula is C20H22FNO4. The molecule has 1 amide bonds.